The summed E-state index contributed by atoms with van der Waals surface area (Å²) in [6, 6.07) is 14.8. The number of nitrogens with one attached hydrogen (secondary N) is 1. The Morgan fingerprint density at radius 1 is 1.09 bits per heavy atom. The number of pyridine rings is 1. The number of likely N-dealkylation sites (tertiary alicyclic amines) is 1. The van der Waals surface area contributed by atoms with Crippen LogP contribution in [-0.2, 0) is 0 Å². The lowest BCUT2D eigenvalue weighted by Gasteiger charge is -2.48. The van der Waals surface area contributed by atoms with Crippen LogP contribution < -0.4 is 4.90 Å². The molecule has 0 aliphatic carbocycles. The average molecular weight is 637 g/mol. The molecule has 2 aliphatic heterocycles. The van der Waals surface area contributed by atoms with Crippen LogP contribution in [0.5, 0.6) is 0 Å². The molecule has 2 bridgehead atoms. The zero-order chi connectivity index (χ0) is 32.0. The fourth-order valence-corrected chi connectivity index (χ4v) is 7.72. The molecule has 2 saturated heterocycles. The molecule has 2 atom stereocenters. The van der Waals surface area contributed by atoms with Crippen molar-refractivity contribution in [1.82, 2.24) is 34.7 Å². The molecule has 2 aliphatic rings. The van der Waals surface area contributed by atoms with Gasteiger partial charge in [0.1, 0.15) is 17.0 Å². The lowest BCUT2D eigenvalue weighted by Crippen LogP contribution is -2.61. The van der Waals surface area contributed by atoms with Gasteiger partial charge in [-0.05, 0) is 59.9 Å². The van der Waals surface area contributed by atoms with Gasteiger partial charge in [-0.15, -0.1) is 0 Å². The maximum absolute atomic E-state index is 14.7. The minimum Gasteiger partial charge on any atom is -0.465 e. The van der Waals surface area contributed by atoms with Gasteiger partial charge in [0.15, 0.2) is 5.65 Å². The first-order chi connectivity index (χ1) is 22.1. The van der Waals surface area contributed by atoms with Gasteiger partial charge in [-0.1, -0.05) is 38.4 Å². The summed E-state index contributed by atoms with van der Waals surface area (Å²) in [5.41, 5.74) is 5.58. The Kier molecular flexibility index (Phi) is 6.17. The Hall–Kier alpha value is -5.03. The predicted molar refractivity (Wildman–Crippen MR) is 174 cm³/mol. The second-order valence-electron chi connectivity index (χ2n) is 13.1. The lowest BCUT2D eigenvalue weighted by molar-refractivity contribution is 0.0363. The second kappa shape index (κ2) is 9.98. The smallest absolute Gasteiger partial charge is 0.407 e. The number of aromatic nitrogens is 6. The molecule has 10 nitrogen and oxygen atoms in total. The highest BCUT2D eigenvalue weighted by atomic mass is 35.5. The minimum atomic E-state index is -0.869. The van der Waals surface area contributed by atoms with Gasteiger partial charge < -0.3 is 10.0 Å². The molecule has 2 aromatic carbocycles. The maximum atomic E-state index is 14.7. The zero-order valence-electron chi connectivity index (χ0n) is 25.4. The number of halogens is 2. The van der Waals surface area contributed by atoms with Crippen molar-refractivity contribution in [3.05, 3.63) is 84.2 Å². The van der Waals surface area contributed by atoms with Crippen molar-refractivity contribution in [2.24, 2.45) is 5.41 Å². The van der Waals surface area contributed by atoms with Gasteiger partial charge >= 0.3 is 6.09 Å². The maximum Gasteiger partial charge on any atom is 0.407 e. The van der Waals surface area contributed by atoms with Crippen molar-refractivity contribution in [1.29, 1.82) is 0 Å². The first-order valence-corrected chi connectivity index (χ1v) is 15.4. The molecule has 0 saturated carbocycles. The Labute approximate surface area is 268 Å². The van der Waals surface area contributed by atoms with Crippen LogP contribution in [0.2, 0.25) is 5.02 Å². The Morgan fingerprint density at radius 3 is 2.61 bits per heavy atom. The first kappa shape index (κ1) is 28.4. The van der Waals surface area contributed by atoms with E-state index in [2.05, 4.69) is 40.9 Å². The predicted octanol–water partition coefficient (Wildman–Crippen LogP) is 7.15. The fraction of sp³-hybridized carbons (Fsp3) is 0.265. The number of H-pyrrole nitrogens is 1. The topological polar surface area (TPSA) is 116 Å². The Morgan fingerprint density at radius 2 is 1.87 bits per heavy atom. The van der Waals surface area contributed by atoms with Crippen molar-refractivity contribution in [3.8, 4) is 33.6 Å². The van der Waals surface area contributed by atoms with E-state index in [9.17, 15) is 14.3 Å². The van der Waals surface area contributed by atoms with E-state index in [0.29, 0.717) is 40.4 Å². The number of hydrogen-bond donors (Lipinski definition) is 2. The van der Waals surface area contributed by atoms with E-state index in [1.807, 2.05) is 36.4 Å². The number of fused-ring (bicyclic) bond motifs is 4. The van der Waals surface area contributed by atoms with Crippen LogP contribution in [0.25, 0.3) is 50.2 Å². The minimum absolute atomic E-state index is 0.0666. The average Bonchev–Trinajstić information content (AvgIpc) is 3.83. The molecule has 2 N–H and O–H groups in total. The van der Waals surface area contributed by atoms with Crippen LogP contribution >= 0.6 is 11.6 Å². The molecule has 46 heavy (non-hydrogen) atoms. The number of benzene rings is 2. The SMILES string of the molecule is CC(C)(C)[C@]12C[C@@H](CN1C(=O)O)N(c1ccc(-c3ccnc4c(-c5ccc(F)c6[nH]ncc56)c(-c5ccncc5)nn34)c(Cl)c1)C2. The molecule has 6 heterocycles. The number of piperazine rings is 1. The van der Waals surface area contributed by atoms with Gasteiger partial charge in [-0.25, -0.2) is 18.7 Å². The molecular formula is C34H30ClFN8O2. The van der Waals surface area contributed by atoms with E-state index in [-0.39, 0.29) is 11.5 Å². The Balaban J connectivity index is 1.25. The third-order valence-corrected chi connectivity index (χ3v) is 10.2. The molecular weight excluding hydrogens is 607 g/mol. The monoisotopic (exact) mass is 636 g/mol. The molecule has 0 spiro atoms. The van der Waals surface area contributed by atoms with Crippen LogP contribution in [0.1, 0.15) is 27.2 Å². The van der Waals surface area contributed by atoms with Crippen molar-refractivity contribution in [2.45, 2.75) is 38.8 Å². The zero-order valence-corrected chi connectivity index (χ0v) is 26.1. The lowest BCUT2D eigenvalue weighted by atomic mass is 9.73. The largest absolute Gasteiger partial charge is 0.465 e. The number of nitrogens with zero attached hydrogens (tertiary/aromatic N) is 7. The summed E-state index contributed by atoms with van der Waals surface area (Å²) >= 11 is 7.05. The molecule has 0 unspecified atom stereocenters. The quantitative estimate of drug-likeness (QED) is 0.211. The van der Waals surface area contributed by atoms with Crippen molar-refractivity contribution in [2.75, 3.05) is 18.0 Å². The number of aromatic amines is 1. The van der Waals surface area contributed by atoms with Crippen molar-refractivity contribution < 1.29 is 14.3 Å². The van der Waals surface area contributed by atoms with Gasteiger partial charge in [0.2, 0.25) is 0 Å². The normalized spacial score (nSPS) is 19.5. The molecule has 2 fully saturated rings. The van der Waals surface area contributed by atoms with Crippen LogP contribution in [-0.4, -0.2) is 70.5 Å². The summed E-state index contributed by atoms with van der Waals surface area (Å²) in [5, 5.41) is 23.1. The van der Waals surface area contributed by atoms with E-state index in [1.54, 1.807) is 40.3 Å². The van der Waals surface area contributed by atoms with Crippen LogP contribution in [0, 0.1) is 11.2 Å². The molecule has 6 aromatic rings. The van der Waals surface area contributed by atoms with Crippen LogP contribution in [0.3, 0.4) is 0 Å². The van der Waals surface area contributed by atoms with Gasteiger partial charge in [0.25, 0.3) is 0 Å². The van der Waals surface area contributed by atoms with Crippen molar-refractivity contribution >= 4 is 39.9 Å². The number of hydrogen-bond acceptors (Lipinski definition) is 6. The van der Waals surface area contributed by atoms with Crippen LogP contribution in [0.15, 0.2) is 73.3 Å². The second-order valence-corrected chi connectivity index (χ2v) is 13.5. The summed E-state index contributed by atoms with van der Waals surface area (Å²) < 4.78 is 16.4. The molecule has 8 rings (SSSR count). The van der Waals surface area contributed by atoms with E-state index in [1.165, 1.54) is 6.07 Å². The summed E-state index contributed by atoms with van der Waals surface area (Å²) in [7, 11) is 0. The highest BCUT2D eigenvalue weighted by Crippen LogP contribution is 2.52. The molecule has 12 heteroatoms. The fourth-order valence-electron chi connectivity index (χ4n) is 7.45. The molecule has 0 radical (unpaired) electrons. The number of rotatable bonds is 4. The highest BCUT2D eigenvalue weighted by molar-refractivity contribution is 6.33. The van der Waals surface area contributed by atoms with Gasteiger partial charge in [-0.3, -0.25) is 15.0 Å². The molecule has 232 valence electrons. The summed E-state index contributed by atoms with van der Waals surface area (Å²) in [6.07, 6.45) is 6.64. The summed E-state index contributed by atoms with van der Waals surface area (Å²) in [4.78, 5) is 25.0. The third kappa shape index (κ3) is 4.04. The number of carboxylic acid groups (broad SMARTS) is 1. The van der Waals surface area contributed by atoms with E-state index in [4.69, 9.17) is 21.7 Å². The van der Waals surface area contributed by atoms with E-state index < -0.39 is 17.4 Å². The van der Waals surface area contributed by atoms with Gasteiger partial charge in [-0.2, -0.15) is 10.2 Å². The highest BCUT2D eigenvalue weighted by Gasteiger charge is 2.61. The Bertz CT molecular complexity index is 2180. The first-order valence-electron chi connectivity index (χ1n) is 15.0. The molecule has 4 aromatic heterocycles. The van der Waals surface area contributed by atoms with E-state index >= 15 is 0 Å². The van der Waals surface area contributed by atoms with Crippen LogP contribution in [0.4, 0.5) is 14.9 Å². The van der Waals surface area contributed by atoms with E-state index in [0.717, 1.165) is 40.1 Å². The summed E-state index contributed by atoms with van der Waals surface area (Å²) in [5.74, 6) is -0.394. The molecule has 1 amide bonds. The van der Waals surface area contributed by atoms with Crippen molar-refractivity contribution in [3.63, 3.8) is 0 Å². The number of anilines is 1. The third-order valence-electron chi connectivity index (χ3n) is 9.85. The number of amides is 1. The number of carbonyl (C=O) groups is 1. The standard InChI is InChI=1S/C34H30ClFN8O2/c1-33(2,3)34-15-21(17-43(34)32(45)46)42(18-34)20-4-5-23(25(35)14-20)27-10-13-38-31-28(22-6-7-26(36)30-24(22)16-39-40-30)29(41-44(27)31)19-8-11-37-12-9-19/h4-14,16,21H,15,17-18H2,1-3H3,(H,39,40)(H,45,46)/t21-,34+/m0/s1. The van der Waals surface area contributed by atoms with Gasteiger partial charge in [0.05, 0.1) is 28.0 Å². The summed E-state index contributed by atoms with van der Waals surface area (Å²) in [6.45, 7) is 7.39. The van der Waals surface area contributed by atoms with Gasteiger partial charge in [0, 0.05) is 59.9 Å².